The van der Waals surface area contributed by atoms with E-state index in [1.807, 2.05) is 29.2 Å². The average Bonchev–Trinajstić information content (AvgIpc) is 2.72. The van der Waals surface area contributed by atoms with E-state index in [0.717, 1.165) is 42.7 Å². The Labute approximate surface area is 172 Å². The predicted octanol–water partition coefficient (Wildman–Crippen LogP) is 3.97. The Kier molecular flexibility index (Phi) is 8.74. The highest BCUT2D eigenvalue weighted by atomic mass is 35.5. The molecule has 1 fully saturated rings. The Balaban J connectivity index is 0.00000280. The minimum Gasteiger partial charge on any atom is -0.496 e. The highest BCUT2D eigenvalue weighted by molar-refractivity contribution is 5.85. The molecule has 4 nitrogen and oxygen atoms in total. The summed E-state index contributed by atoms with van der Waals surface area (Å²) in [6.07, 6.45) is 3.75. The van der Waals surface area contributed by atoms with Gasteiger partial charge in [-0.1, -0.05) is 36.8 Å². The van der Waals surface area contributed by atoms with Gasteiger partial charge in [0.1, 0.15) is 11.6 Å². The predicted molar refractivity (Wildman–Crippen MR) is 111 cm³/mol. The maximum absolute atomic E-state index is 13.1. The van der Waals surface area contributed by atoms with Crippen LogP contribution in [0.15, 0.2) is 48.5 Å². The maximum Gasteiger partial charge on any atom is 0.240 e. The number of amides is 1. The van der Waals surface area contributed by atoms with E-state index in [2.05, 4.69) is 5.32 Å². The van der Waals surface area contributed by atoms with E-state index in [0.29, 0.717) is 19.5 Å². The summed E-state index contributed by atoms with van der Waals surface area (Å²) in [6.45, 7) is 1.97. The Hall–Kier alpha value is -2.11. The van der Waals surface area contributed by atoms with Crippen LogP contribution in [0, 0.1) is 5.82 Å². The van der Waals surface area contributed by atoms with Gasteiger partial charge in [0.2, 0.25) is 5.91 Å². The zero-order valence-electron chi connectivity index (χ0n) is 16.2. The molecule has 0 bridgehead atoms. The van der Waals surface area contributed by atoms with E-state index < -0.39 is 0 Å². The molecule has 1 aliphatic rings. The topological polar surface area (TPSA) is 41.6 Å². The van der Waals surface area contributed by atoms with Gasteiger partial charge >= 0.3 is 0 Å². The van der Waals surface area contributed by atoms with Crippen molar-refractivity contribution in [2.45, 2.75) is 38.3 Å². The van der Waals surface area contributed by atoms with Gasteiger partial charge in [0.05, 0.1) is 13.2 Å². The molecule has 1 amide bonds. The number of para-hydroxylation sites is 1. The molecule has 0 aromatic heterocycles. The Morgan fingerprint density at radius 3 is 2.61 bits per heavy atom. The number of halogens is 2. The number of rotatable bonds is 7. The van der Waals surface area contributed by atoms with Crippen molar-refractivity contribution in [3.05, 3.63) is 65.5 Å². The Bertz CT molecular complexity index is 748. The van der Waals surface area contributed by atoms with Gasteiger partial charge in [0, 0.05) is 18.7 Å². The minimum atomic E-state index is -0.243. The summed E-state index contributed by atoms with van der Waals surface area (Å²) in [4.78, 5) is 15.0. The zero-order chi connectivity index (χ0) is 19.1. The quantitative estimate of drug-likeness (QED) is 0.756. The van der Waals surface area contributed by atoms with Gasteiger partial charge in [-0.3, -0.25) is 4.79 Å². The molecule has 1 aliphatic heterocycles. The van der Waals surface area contributed by atoms with Gasteiger partial charge < -0.3 is 15.0 Å². The van der Waals surface area contributed by atoms with Crippen molar-refractivity contribution in [1.82, 2.24) is 10.2 Å². The largest absolute Gasteiger partial charge is 0.496 e. The first kappa shape index (κ1) is 22.2. The van der Waals surface area contributed by atoms with Crippen LogP contribution in [-0.2, 0) is 17.8 Å². The number of carbonyl (C=O) groups is 1. The van der Waals surface area contributed by atoms with Crippen LogP contribution in [0.25, 0.3) is 0 Å². The number of ether oxygens (including phenoxy) is 1. The van der Waals surface area contributed by atoms with Crippen molar-refractivity contribution in [3.63, 3.8) is 0 Å². The fraction of sp³-hybridized carbons (Fsp3) is 0.409. The Morgan fingerprint density at radius 1 is 1.18 bits per heavy atom. The summed E-state index contributed by atoms with van der Waals surface area (Å²) in [5, 5.41) is 3.35. The monoisotopic (exact) mass is 406 g/mol. The van der Waals surface area contributed by atoms with Crippen molar-refractivity contribution >= 4 is 18.3 Å². The molecule has 0 spiro atoms. The third-order valence-electron chi connectivity index (χ3n) is 5.06. The van der Waals surface area contributed by atoms with E-state index in [9.17, 15) is 9.18 Å². The minimum absolute atomic E-state index is 0. The number of carbonyl (C=O) groups excluding carboxylic acids is 1. The van der Waals surface area contributed by atoms with Gasteiger partial charge in [-0.15, -0.1) is 12.4 Å². The van der Waals surface area contributed by atoms with E-state index in [1.54, 1.807) is 19.2 Å². The zero-order valence-corrected chi connectivity index (χ0v) is 17.0. The first-order valence-electron chi connectivity index (χ1n) is 9.56. The molecule has 0 radical (unpaired) electrons. The highest BCUT2D eigenvalue weighted by Gasteiger charge is 2.26. The molecule has 1 N–H and O–H groups in total. The lowest BCUT2D eigenvalue weighted by Crippen LogP contribution is -2.48. The summed E-state index contributed by atoms with van der Waals surface area (Å²) in [5.41, 5.74) is 2.01. The van der Waals surface area contributed by atoms with E-state index in [1.165, 1.54) is 12.1 Å². The standard InChI is InChI=1S/C22H27FN2O2.ClH/c1-27-21-8-3-2-6-18(21)16-25(22(26)20-7-4-5-14-24-20)15-13-17-9-11-19(23)12-10-17;/h2-3,6,8-12,20,24H,4-5,7,13-16H2,1H3;1H/t20-;/m0./s1. The van der Waals surface area contributed by atoms with Crippen molar-refractivity contribution < 1.29 is 13.9 Å². The van der Waals surface area contributed by atoms with Crippen LogP contribution >= 0.6 is 12.4 Å². The molecule has 0 aliphatic carbocycles. The number of hydrogen-bond donors (Lipinski definition) is 1. The number of methoxy groups -OCH3 is 1. The number of piperidine rings is 1. The van der Waals surface area contributed by atoms with Crippen LogP contribution in [0.1, 0.15) is 30.4 Å². The molecule has 152 valence electrons. The molecule has 0 unspecified atom stereocenters. The SMILES string of the molecule is COc1ccccc1CN(CCc1ccc(F)cc1)C(=O)[C@@H]1CCCCN1.Cl. The number of nitrogens with one attached hydrogen (secondary N) is 1. The second-order valence-electron chi connectivity index (χ2n) is 6.95. The molecule has 28 heavy (non-hydrogen) atoms. The summed E-state index contributed by atoms with van der Waals surface area (Å²) in [7, 11) is 1.65. The molecule has 2 aromatic rings. The number of benzene rings is 2. The average molecular weight is 407 g/mol. The van der Waals surface area contributed by atoms with Crippen LogP contribution in [0.3, 0.4) is 0 Å². The molecule has 3 rings (SSSR count). The van der Waals surface area contributed by atoms with Gasteiger partial charge in [0.25, 0.3) is 0 Å². The normalized spacial score (nSPS) is 16.1. The van der Waals surface area contributed by atoms with Gasteiger partial charge in [-0.25, -0.2) is 4.39 Å². The fourth-order valence-corrected chi connectivity index (χ4v) is 3.50. The lowest BCUT2D eigenvalue weighted by molar-refractivity contribution is -0.134. The van der Waals surface area contributed by atoms with E-state index in [4.69, 9.17) is 4.74 Å². The van der Waals surface area contributed by atoms with Crippen molar-refractivity contribution in [2.24, 2.45) is 0 Å². The smallest absolute Gasteiger partial charge is 0.240 e. The summed E-state index contributed by atoms with van der Waals surface area (Å²) >= 11 is 0. The lowest BCUT2D eigenvalue weighted by Gasteiger charge is -2.30. The van der Waals surface area contributed by atoms with Crippen LogP contribution in [-0.4, -0.2) is 37.0 Å². The van der Waals surface area contributed by atoms with Crippen LogP contribution < -0.4 is 10.1 Å². The second kappa shape index (κ2) is 11.0. The lowest BCUT2D eigenvalue weighted by atomic mass is 10.0. The van der Waals surface area contributed by atoms with E-state index >= 15 is 0 Å². The summed E-state index contributed by atoms with van der Waals surface area (Å²) in [5.74, 6) is 0.670. The third kappa shape index (κ3) is 5.94. The molecular formula is C22H28ClFN2O2. The van der Waals surface area contributed by atoms with Gasteiger partial charge in [-0.05, 0) is 49.6 Å². The van der Waals surface area contributed by atoms with Gasteiger partial charge in [-0.2, -0.15) is 0 Å². The van der Waals surface area contributed by atoms with Crippen molar-refractivity contribution in [2.75, 3.05) is 20.2 Å². The van der Waals surface area contributed by atoms with Crippen LogP contribution in [0.5, 0.6) is 5.75 Å². The number of hydrogen-bond acceptors (Lipinski definition) is 3. The molecule has 1 saturated heterocycles. The van der Waals surface area contributed by atoms with Gasteiger partial charge in [0.15, 0.2) is 0 Å². The first-order valence-corrected chi connectivity index (χ1v) is 9.56. The second-order valence-corrected chi connectivity index (χ2v) is 6.95. The summed E-state index contributed by atoms with van der Waals surface area (Å²) in [6, 6.07) is 14.1. The van der Waals surface area contributed by atoms with E-state index in [-0.39, 0.29) is 30.2 Å². The molecular weight excluding hydrogens is 379 g/mol. The first-order chi connectivity index (χ1) is 13.2. The molecule has 1 heterocycles. The number of nitrogens with zero attached hydrogens (tertiary/aromatic N) is 1. The third-order valence-corrected chi connectivity index (χ3v) is 5.06. The molecule has 6 heteroatoms. The van der Waals surface area contributed by atoms with Crippen molar-refractivity contribution in [1.29, 1.82) is 0 Å². The maximum atomic E-state index is 13.1. The van der Waals surface area contributed by atoms with Crippen LogP contribution in [0.2, 0.25) is 0 Å². The Morgan fingerprint density at radius 2 is 1.93 bits per heavy atom. The molecule has 0 saturated carbocycles. The van der Waals surface area contributed by atoms with Crippen LogP contribution in [0.4, 0.5) is 4.39 Å². The fourth-order valence-electron chi connectivity index (χ4n) is 3.50. The van der Waals surface area contributed by atoms with Crippen molar-refractivity contribution in [3.8, 4) is 5.75 Å². The molecule has 1 atom stereocenters. The summed E-state index contributed by atoms with van der Waals surface area (Å²) < 4.78 is 18.6. The molecule has 2 aromatic carbocycles. The highest BCUT2D eigenvalue weighted by Crippen LogP contribution is 2.21.